The lowest BCUT2D eigenvalue weighted by Gasteiger charge is -2.47. The van der Waals surface area contributed by atoms with Gasteiger partial charge in [-0.25, -0.2) is 0 Å². The highest BCUT2D eigenvalue weighted by Crippen LogP contribution is 2.36. The van der Waals surface area contributed by atoms with Gasteiger partial charge in [0.1, 0.15) is 0 Å². The van der Waals surface area contributed by atoms with Gasteiger partial charge in [0.05, 0.1) is 6.10 Å². The van der Waals surface area contributed by atoms with Crippen molar-refractivity contribution in [3.05, 3.63) is 35.9 Å². The molecule has 2 aliphatic rings. The molecule has 2 atom stereocenters. The molecule has 1 aromatic rings. The standard InChI is InChI=1S/C15H21NO/c17-15(13-7-4-8-13)14-9-10-16(14)11-12-5-2-1-3-6-12/h1-3,5-6,13-15,17H,4,7-11H2. The van der Waals surface area contributed by atoms with Crippen molar-refractivity contribution in [3.63, 3.8) is 0 Å². The predicted molar refractivity (Wildman–Crippen MR) is 68.6 cm³/mol. The summed E-state index contributed by atoms with van der Waals surface area (Å²) in [7, 11) is 0. The molecule has 92 valence electrons. The van der Waals surface area contributed by atoms with Crippen LogP contribution >= 0.6 is 0 Å². The Morgan fingerprint density at radius 1 is 1.18 bits per heavy atom. The number of hydrogen-bond donors (Lipinski definition) is 1. The lowest BCUT2D eigenvalue weighted by atomic mass is 9.76. The van der Waals surface area contributed by atoms with Gasteiger partial charge in [-0.15, -0.1) is 0 Å². The van der Waals surface area contributed by atoms with E-state index >= 15 is 0 Å². The van der Waals surface area contributed by atoms with Crippen LogP contribution in [0, 0.1) is 5.92 Å². The average molecular weight is 231 g/mol. The van der Waals surface area contributed by atoms with E-state index in [1.165, 1.54) is 31.2 Å². The molecule has 2 unspecified atom stereocenters. The molecule has 0 amide bonds. The van der Waals surface area contributed by atoms with E-state index in [9.17, 15) is 5.11 Å². The maximum absolute atomic E-state index is 10.3. The summed E-state index contributed by atoms with van der Waals surface area (Å²) < 4.78 is 0. The van der Waals surface area contributed by atoms with Crippen molar-refractivity contribution in [1.82, 2.24) is 4.90 Å². The molecule has 3 rings (SSSR count). The van der Waals surface area contributed by atoms with Gasteiger partial charge in [-0.2, -0.15) is 0 Å². The maximum atomic E-state index is 10.3. The normalized spacial score (nSPS) is 27.2. The molecule has 0 aromatic heterocycles. The molecule has 1 saturated heterocycles. The van der Waals surface area contributed by atoms with Gasteiger partial charge < -0.3 is 5.11 Å². The summed E-state index contributed by atoms with van der Waals surface area (Å²) in [6.07, 6.45) is 4.87. The zero-order chi connectivity index (χ0) is 11.7. The zero-order valence-corrected chi connectivity index (χ0v) is 10.3. The molecule has 0 bridgehead atoms. The highest BCUT2D eigenvalue weighted by Gasteiger charge is 2.39. The summed E-state index contributed by atoms with van der Waals surface area (Å²) in [6.45, 7) is 2.14. The Bertz CT molecular complexity index is 360. The van der Waals surface area contributed by atoms with Crippen LogP contribution in [0.5, 0.6) is 0 Å². The van der Waals surface area contributed by atoms with Gasteiger partial charge >= 0.3 is 0 Å². The quantitative estimate of drug-likeness (QED) is 0.860. The fourth-order valence-electron chi connectivity index (χ4n) is 2.96. The van der Waals surface area contributed by atoms with Crippen LogP contribution in [-0.4, -0.2) is 28.7 Å². The Balaban J connectivity index is 1.57. The summed E-state index contributed by atoms with van der Waals surface area (Å²) in [5.41, 5.74) is 1.36. The minimum Gasteiger partial charge on any atom is -0.391 e. The van der Waals surface area contributed by atoms with E-state index in [1.54, 1.807) is 0 Å². The SMILES string of the molecule is OC(C1CCC1)C1CCN1Cc1ccccc1. The first kappa shape index (κ1) is 11.2. The second-order valence-electron chi connectivity index (χ2n) is 5.49. The summed E-state index contributed by atoms with van der Waals surface area (Å²) in [4.78, 5) is 2.43. The van der Waals surface area contributed by atoms with E-state index in [2.05, 4.69) is 35.2 Å². The maximum Gasteiger partial charge on any atom is 0.0724 e. The van der Waals surface area contributed by atoms with Crippen LogP contribution in [-0.2, 0) is 6.54 Å². The van der Waals surface area contributed by atoms with Crippen molar-refractivity contribution in [2.24, 2.45) is 5.92 Å². The molecule has 2 fully saturated rings. The van der Waals surface area contributed by atoms with E-state index in [0.29, 0.717) is 12.0 Å². The summed E-state index contributed by atoms with van der Waals surface area (Å²) >= 11 is 0. The van der Waals surface area contributed by atoms with Crippen molar-refractivity contribution in [1.29, 1.82) is 0 Å². The average Bonchev–Trinajstić information content (AvgIpc) is 2.23. The summed E-state index contributed by atoms with van der Waals surface area (Å²) in [6, 6.07) is 11.0. The number of benzene rings is 1. The molecule has 0 radical (unpaired) electrons. The molecule has 2 nitrogen and oxygen atoms in total. The number of rotatable bonds is 4. The lowest BCUT2D eigenvalue weighted by Crippen LogP contribution is -2.56. The Kier molecular flexibility index (Phi) is 3.17. The molecule has 1 aliphatic carbocycles. The third kappa shape index (κ3) is 2.24. The zero-order valence-electron chi connectivity index (χ0n) is 10.3. The molecule has 17 heavy (non-hydrogen) atoms. The van der Waals surface area contributed by atoms with Gasteiger partial charge in [0.2, 0.25) is 0 Å². The van der Waals surface area contributed by atoms with Crippen molar-refractivity contribution in [2.75, 3.05) is 6.54 Å². The van der Waals surface area contributed by atoms with Gasteiger partial charge in [-0.3, -0.25) is 4.90 Å². The van der Waals surface area contributed by atoms with Crippen molar-refractivity contribution in [3.8, 4) is 0 Å². The smallest absolute Gasteiger partial charge is 0.0724 e. The van der Waals surface area contributed by atoms with E-state index in [4.69, 9.17) is 0 Å². The van der Waals surface area contributed by atoms with Gasteiger partial charge in [0.15, 0.2) is 0 Å². The minimum absolute atomic E-state index is 0.0822. The van der Waals surface area contributed by atoms with Crippen LogP contribution in [0.15, 0.2) is 30.3 Å². The number of nitrogens with zero attached hydrogens (tertiary/aromatic N) is 1. The predicted octanol–water partition coefficient (Wildman–Crippen LogP) is 2.42. The summed E-state index contributed by atoms with van der Waals surface area (Å²) in [5.74, 6) is 0.582. The van der Waals surface area contributed by atoms with Crippen molar-refractivity contribution in [2.45, 2.75) is 44.4 Å². The first-order chi connectivity index (χ1) is 8.34. The number of hydrogen-bond acceptors (Lipinski definition) is 2. The van der Waals surface area contributed by atoms with Crippen LogP contribution in [0.1, 0.15) is 31.2 Å². The van der Waals surface area contributed by atoms with E-state index < -0.39 is 0 Å². The van der Waals surface area contributed by atoms with Crippen LogP contribution < -0.4 is 0 Å². The number of aliphatic hydroxyl groups excluding tert-OH is 1. The van der Waals surface area contributed by atoms with Gasteiger partial charge in [-0.1, -0.05) is 36.8 Å². The second-order valence-corrected chi connectivity index (χ2v) is 5.49. The molecule has 1 aromatic carbocycles. The molecular weight excluding hydrogens is 210 g/mol. The van der Waals surface area contributed by atoms with E-state index in [-0.39, 0.29) is 6.10 Å². The second kappa shape index (κ2) is 4.79. The first-order valence-corrected chi connectivity index (χ1v) is 6.80. The molecular formula is C15H21NO. The number of likely N-dealkylation sites (tertiary alicyclic amines) is 1. The fourth-order valence-corrected chi connectivity index (χ4v) is 2.96. The Labute approximate surface area is 103 Å². The molecule has 1 heterocycles. The van der Waals surface area contributed by atoms with E-state index in [0.717, 1.165) is 13.1 Å². The fraction of sp³-hybridized carbons (Fsp3) is 0.600. The number of aliphatic hydroxyl groups is 1. The molecule has 1 saturated carbocycles. The van der Waals surface area contributed by atoms with Crippen LogP contribution in [0.3, 0.4) is 0 Å². The molecule has 1 aliphatic heterocycles. The minimum atomic E-state index is -0.0822. The first-order valence-electron chi connectivity index (χ1n) is 6.80. The highest BCUT2D eigenvalue weighted by atomic mass is 16.3. The van der Waals surface area contributed by atoms with Crippen LogP contribution in [0.4, 0.5) is 0 Å². The van der Waals surface area contributed by atoms with Gasteiger partial charge in [0, 0.05) is 19.1 Å². The highest BCUT2D eigenvalue weighted by molar-refractivity contribution is 5.15. The topological polar surface area (TPSA) is 23.5 Å². The van der Waals surface area contributed by atoms with E-state index in [1.807, 2.05) is 0 Å². The third-order valence-corrected chi connectivity index (χ3v) is 4.44. The van der Waals surface area contributed by atoms with Crippen molar-refractivity contribution >= 4 is 0 Å². The van der Waals surface area contributed by atoms with Crippen molar-refractivity contribution < 1.29 is 5.11 Å². The summed E-state index contributed by atoms with van der Waals surface area (Å²) in [5, 5.41) is 10.3. The Morgan fingerprint density at radius 3 is 2.47 bits per heavy atom. The van der Waals surface area contributed by atoms with Crippen LogP contribution in [0.2, 0.25) is 0 Å². The van der Waals surface area contributed by atoms with Crippen LogP contribution in [0.25, 0.3) is 0 Å². The third-order valence-electron chi connectivity index (χ3n) is 4.44. The largest absolute Gasteiger partial charge is 0.391 e. The Morgan fingerprint density at radius 2 is 1.94 bits per heavy atom. The molecule has 0 spiro atoms. The van der Waals surface area contributed by atoms with Gasteiger partial charge in [-0.05, 0) is 30.7 Å². The lowest BCUT2D eigenvalue weighted by molar-refractivity contribution is -0.0639. The molecule has 1 N–H and O–H groups in total. The van der Waals surface area contributed by atoms with Gasteiger partial charge in [0.25, 0.3) is 0 Å². The Hall–Kier alpha value is -0.860. The monoisotopic (exact) mass is 231 g/mol. The molecule has 2 heteroatoms.